The van der Waals surface area contributed by atoms with E-state index in [0.29, 0.717) is 35.8 Å². The maximum atomic E-state index is 12.2. The molecule has 4 nitrogen and oxygen atoms in total. The van der Waals surface area contributed by atoms with Crippen LogP contribution in [0.5, 0.6) is 17.2 Å². The molecule has 0 spiro atoms. The Hall–Kier alpha value is -2.89. The van der Waals surface area contributed by atoms with Crippen molar-refractivity contribution >= 4 is 11.9 Å². The first-order chi connectivity index (χ1) is 11.6. The molecule has 0 atom stereocenters. The number of halogens is 2. The Morgan fingerprint density at radius 3 is 2.46 bits per heavy atom. The zero-order valence-corrected chi connectivity index (χ0v) is 12.6. The van der Waals surface area contributed by atoms with Crippen molar-refractivity contribution in [1.82, 2.24) is 0 Å². The summed E-state index contributed by atoms with van der Waals surface area (Å²) in [5, 5.41) is 0. The van der Waals surface area contributed by atoms with Crippen molar-refractivity contribution in [2.75, 3.05) is 13.2 Å². The summed E-state index contributed by atoms with van der Waals surface area (Å²) in [5.74, 6) is 1.05. The van der Waals surface area contributed by atoms with Gasteiger partial charge in [0, 0.05) is 5.56 Å². The number of rotatable bonds is 5. The maximum absolute atomic E-state index is 12.2. The fraction of sp³-hybridized carbons (Fsp3) is 0.167. The van der Waals surface area contributed by atoms with Crippen molar-refractivity contribution < 1.29 is 27.8 Å². The van der Waals surface area contributed by atoms with E-state index in [9.17, 15) is 13.6 Å². The lowest BCUT2D eigenvalue weighted by Gasteiger charge is -2.18. The maximum Gasteiger partial charge on any atom is 0.387 e. The van der Waals surface area contributed by atoms with Gasteiger partial charge in [0.25, 0.3) is 0 Å². The summed E-state index contributed by atoms with van der Waals surface area (Å²) >= 11 is 0. The van der Waals surface area contributed by atoms with Gasteiger partial charge in [0.2, 0.25) is 0 Å². The largest absolute Gasteiger partial charge is 0.486 e. The molecule has 2 aromatic carbocycles. The lowest BCUT2D eigenvalue weighted by atomic mass is 10.1. The molecule has 1 aliphatic rings. The van der Waals surface area contributed by atoms with Crippen LogP contribution in [0.1, 0.15) is 15.9 Å². The van der Waals surface area contributed by atoms with E-state index in [0.717, 1.165) is 0 Å². The minimum Gasteiger partial charge on any atom is -0.486 e. The number of hydrogen-bond acceptors (Lipinski definition) is 4. The first kappa shape index (κ1) is 16.0. The number of hydrogen-bond donors (Lipinski definition) is 0. The summed E-state index contributed by atoms with van der Waals surface area (Å²) < 4.78 is 39.3. The quantitative estimate of drug-likeness (QED) is 0.614. The Labute approximate surface area is 137 Å². The van der Waals surface area contributed by atoms with Crippen LogP contribution in [-0.4, -0.2) is 25.6 Å². The Morgan fingerprint density at radius 2 is 1.75 bits per heavy atom. The van der Waals surface area contributed by atoms with Gasteiger partial charge in [-0.3, -0.25) is 4.79 Å². The number of fused-ring (bicyclic) bond motifs is 1. The molecule has 0 aromatic heterocycles. The molecule has 3 rings (SSSR count). The van der Waals surface area contributed by atoms with Crippen LogP contribution in [0.2, 0.25) is 0 Å². The number of alkyl halides is 2. The van der Waals surface area contributed by atoms with Crippen molar-refractivity contribution in [2.24, 2.45) is 0 Å². The molecular formula is C18H14F2O4. The zero-order chi connectivity index (χ0) is 16.9. The van der Waals surface area contributed by atoms with E-state index >= 15 is 0 Å². The van der Waals surface area contributed by atoms with Crippen molar-refractivity contribution in [3.8, 4) is 17.2 Å². The molecule has 0 saturated carbocycles. The Kier molecular flexibility index (Phi) is 4.74. The third-order valence-corrected chi connectivity index (χ3v) is 3.36. The predicted molar refractivity (Wildman–Crippen MR) is 83.9 cm³/mol. The SMILES string of the molecule is O=C(/C=C/c1ccc(OC(F)F)cc1)c1ccc2c(c1)OCCO2. The number of carbonyl (C=O) groups is 1. The van der Waals surface area contributed by atoms with E-state index in [1.807, 2.05) is 0 Å². The molecule has 0 saturated heterocycles. The van der Waals surface area contributed by atoms with Crippen LogP contribution in [0, 0.1) is 0 Å². The standard InChI is InChI=1S/C18H14F2O4/c19-18(20)24-14-5-1-12(2-6-14)3-7-15(21)13-4-8-16-17(11-13)23-10-9-22-16/h1-8,11,18H,9-10H2/b7-3+. The number of benzene rings is 2. The normalized spacial score (nSPS) is 13.3. The van der Waals surface area contributed by atoms with Gasteiger partial charge in [-0.2, -0.15) is 8.78 Å². The van der Waals surface area contributed by atoms with E-state index in [2.05, 4.69) is 4.74 Å². The third-order valence-electron chi connectivity index (χ3n) is 3.36. The summed E-state index contributed by atoms with van der Waals surface area (Å²) in [6.45, 7) is -1.91. The van der Waals surface area contributed by atoms with Gasteiger partial charge in [-0.25, -0.2) is 0 Å². The highest BCUT2D eigenvalue weighted by molar-refractivity contribution is 6.07. The van der Waals surface area contributed by atoms with Crippen molar-refractivity contribution in [1.29, 1.82) is 0 Å². The van der Waals surface area contributed by atoms with Crippen LogP contribution in [0.4, 0.5) is 8.78 Å². The molecule has 0 amide bonds. The third kappa shape index (κ3) is 3.90. The van der Waals surface area contributed by atoms with Crippen LogP contribution in [0.3, 0.4) is 0 Å². The fourth-order valence-electron chi connectivity index (χ4n) is 2.23. The second-order valence-corrected chi connectivity index (χ2v) is 5.00. The van der Waals surface area contributed by atoms with E-state index in [4.69, 9.17) is 9.47 Å². The summed E-state index contributed by atoms with van der Waals surface area (Å²) in [6.07, 6.45) is 3.01. The Bertz CT molecular complexity index is 754. The zero-order valence-electron chi connectivity index (χ0n) is 12.6. The van der Waals surface area contributed by atoms with Crippen molar-refractivity contribution in [3.05, 3.63) is 59.7 Å². The van der Waals surface area contributed by atoms with Gasteiger partial charge in [0.15, 0.2) is 17.3 Å². The van der Waals surface area contributed by atoms with Gasteiger partial charge in [-0.15, -0.1) is 0 Å². The Balaban J connectivity index is 1.68. The Morgan fingerprint density at radius 1 is 1.04 bits per heavy atom. The molecule has 1 aliphatic heterocycles. The lowest BCUT2D eigenvalue weighted by Crippen LogP contribution is -2.15. The van der Waals surface area contributed by atoms with Crippen LogP contribution in [0.25, 0.3) is 6.08 Å². The number of ether oxygens (including phenoxy) is 3. The molecule has 124 valence electrons. The van der Waals surface area contributed by atoms with Gasteiger partial charge in [-0.05, 0) is 42.0 Å². The van der Waals surface area contributed by atoms with E-state index in [1.165, 1.54) is 18.2 Å². The molecule has 0 fully saturated rings. The summed E-state index contributed by atoms with van der Waals surface area (Å²) in [5.41, 5.74) is 1.18. The van der Waals surface area contributed by atoms with Gasteiger partial charge in [0.05, 0.1) is 0 Å². The van der Waals surface area contributed by atoms with Gasteiger partial charge >= 0.3 is 6.61 Å². The van der Waals surface area contributed by atoms with Crippen LogP contribution < -0.4 is 14.2 Å². The van der Waals surface area contributed by atoms with Gasteiger partial charge in [-0.1, -0.05) is 18.2 Å². The van der Waals surface area contributed by atoms with Crippen LogP contribution in [-0.2, 0) is 0 Å². The second-order valence-electron chi connectivity index (χ2n) is 5.00. The number of carbonyl (C=O) groups excluding carboxylic acids is 1. The molecule has 0 aliphatic carbocycles. The van der Waals surface area contributed by atoms with Crippen LogP contribution in [0.15, 0.2) is 48.5 Å². The first-order valence-corrected chi connectivity index (χ1v) is 7.29. The minimum absolute atomic E-state index is 0.0697. The molecule has 0 bridgehead atoms. The predicted octanol–water partition coefficient (Wildman–Crippen LogP) is 3.96. The summed E-state index contributed by atoms with van der Waals surface area (Å²) in [4.78, 5) is 12.2. The molecular weight excluding hydrogens is 318 g/mol. The summed E-state index contributed by atoms with van der Waals surface area (Å²) in [6, 6.07) is 11.0. The monoisotopic (exact) mass is 332 g/mol. The average molecular weight is 332 g/mol. The highest BCUT2D eigenvalue weighted by atomic mass is 19.3. The molecule has 0 unspecified atom stereocenters. The molecule has 24 heavy (non-hydrogen) atoms. The fourth-order valence-corrected chi connectivity index (χ4v) is 2.23. The highest BCUT2D eigenvalue weighted by Crippen LogP contribution is 2.31. The van der Waals surface area contributed by atoms with Gasteiger partial charge < -0.3 is 14.2 Å². The van der Waals surface area contributed by atoms with E-state index in [1.54, 1.807) is 36.4 Å². The molecule has 0 N–H and O–H groups in total. The second kappa shape index (κ2) is 7.12. The first-order valence-electron chi connectivity index (χ1n) is 7.29. The molecule has 2 aromatic rings. The van der Waals surface area contributed by atoms with Crippen LogP contribution >= 0.6 is 0 Å². The van der Waals surface area contributed by atoms with Crippen molar-refractivity contribution in [2.45, 2.75) is 6.61 Å². The van der Waals surface area contributed by atoms with E-state index in [-0.39, 0.29) is 11.5 Å². The minimum atomic E-state index is -2.86. The number of ketones is 1. The molecule has 6 heteroatoms. The average Bonchev–Trinajstić information content (AvgIpc) is 2.60. The molecule has 0 radical (unpaired) electrons. The van der Waals surface area contributed by atoms with Crippen molar-refractivity contribution in [3.63, 3.8) is 0 Å². The van der Waals surface area contributed by atoms with E-state index < -0.39 is 6.61 Å². The molecule has 1 heterocycles. The highest BCUT2D eigenvalue weighted by Gasteiger charge is 2.13. The smallest absolute Gasteiger partial charge is 0.387 e. The number of allylic oxidation sites excluding steroid dienone is 1. The lowest BCUT2D eigenvalue weighted by molar-refractivity contribution is -0.0498. The topological polar surface area (TPSA) is 44.8 Å². The van der Waals surface area contributed by atoms with Gasteiger partial charge in [0.1, 0.15) is 19.0 Å². The summed E-state index contributed by atoms with van der Waals surface area (Å²) in [7, 11) is 0.